The highest BCUT2D eigenvalue weighted by molar-refractivity contribution is 5.78. The van der Waals surface area contributed by atoms with E-state index in [1.165, 1.54) is 25.7 Å². The van der Waals surface area contributed by atoms with Crippen molar-refractivity contribution in [1.29, 1.82) is 0 Å². The van der Waals surface area contributed by atoms with Crippen molar-refractivity contribution in [2.24, 2.45) is 0 Å². The number of hydrogen-bond donors (Lipinski definition) is 1. The lowest BCUT2D eigenvalue weighted by atomic mass is 10.2. The highest BCUT2D eigenvalue weighted by atomic mass is 16.2. The Labute approximate surface area is 105 Å². The van der Waals surface area contributed by atoms with Gasteiger partial charge in [0, 0.05) is 19.1 Å². The van der Waals surface area contributed by atoms with Crippen molar-refractivity contribution in [3.63, 3.8) is 0 Å². The van der Waals surface area contributed by atoms with Crippen molar-refractivity contribution in [2.75, 3.05) is 40.3 Å². The first kappa shape index (κ1) is 14.5. The van der Waals surface area contributed by atoms with E-state index < -0.39 is 0 Å². The normalized spacial score (nSPS) is 16.7. The van der Waals surface area contributed by atoms with E-state index in [0.717, 1.165) is 19.6 Å². The van der Waals surface area contributed by atoms with Gasteiger partial charge in [-0.05, 0) is 33.5 Å². The quantitative estimate of drug-likeness (QED) is 0.720. The number of carbonyl (C=O) groups is 1. The highest BCUT2D eigenvalue weighted by Crippen LogP contribution is 2.23. The standard InChI is InChI=1S/C13H27N3O/c1-4-14-11-13(17)16(10-9-15(2)3)12-7-5-6-8-12/h12,14H,4-11H2,1-3H3. The SMILES string of the molecule is CCNCC(=O)N(CCN(C)C)C1CCCC1. The Kier molecular flexibility index (Phi) is 6.52. The summed E-state index contributed by atoms with van der Waals surface area (Å²) in [5, 5.41) is 3.13. The number of likely N-dealkylation sites (N-methyl/N-ethyl adjacent to an activating group) is 2. The molecule has 1 N–H and O–H groups in total. The predicted octanol–water partition coefficient (Wildman–Crippen LogP) is 0.929. The van der Waals surface area contributed by atoms with E-state index in [1.54, 1.807) is 0 Å². The summed E-state index contributed by atoms with van der Waals surface area (Å²) < 4.78 is 0. The van der Waals surface area contributed by atoms with Gasteiger partial charge in [-0.3, -0.25) is 4.79 Å². The second kappa shape index (κ2) is 7.67. The zero-order chi connectivity index (χ0) is 12.7. The molecule has 4 heteroatoms. The minimum absolute atomic E-state index is 0.264. The lowest BCUT2D eigenvalue weighted by molar-refractivity contribution is -0.132. The van der Waals surface area contributed by atoms with Crippen molar-refractivity contribution in [1.82, 2.24) is 15.1 Å². The molecule has 0 aliphatic heterocycles. The Morgan fingerprint density at radius 3 is 2.41 bits per heavy atom. The summed E-state index contributed by atoms with van der Waals surface area (Å²) in [5.74, 6) is 0.264. The van der Waals surface area contributed by atoms with Crippen LogP contribution in [0.4, 0.5) is 0 Å². The van der Waals surface area contributed by atoms with Crippen molar-refractivity contribution in [3.05, 3.63) is 0 Å². The number of nitrogens with zero attached hydrogens (tertiary/aromatic N) is 2. The summed E-state index contributed by atoms with van der Waals surface area (Å²) in [6, 6.07) is 0.487. The maximum Gasteiger partial charge on any atom is 0.236 e. The van der Waals surface area contributed by atoms with Crippen molar-refractivity contribution in [2.45, 2.75) is 38.6 Å². The van der Waals surface area contributed by atoms with Gasteiger partial charge in [0.2, 0.25) is 5.91 Å². The van der Waals surface area contributed by atoms with Gasteiger partial charge in [0.1, 0.15) is 0 Å². The number of carbonyl (C=O) groups excluding carboxylic acids is 1. The first-order chi connectivity index (χ1) is 8.15. The molecule has 0 spiro atoms. The van der Waals surface area contributed by atoms with E-state index in [0.29, 0.717) is 12.6 Å². The topological polar surface area (TPSA) is 35.6 Å². The summed E-state index contributed by atoms with van der Waals surface area (Å²) in [6.45, 7) is 5.20. The largest absolute Gasteiger partial charge is 0.337 e. The fourth-order valence-electron chi connectivity index (χ4n) is 2.37. The van der Waals surface area contributed by atoms with Crippen LogP contribution in [0.1, 0.15) is 32.6 Å². The van der Waals surface area contributed by atoms with Gasteiger partial charge in [-0.15, -0.1) is 0 Å². The highest BCUT2D eigenvalue weighted by Gasteiger charge is 2.25. The van der Waals surface area contributed by atoms with Crippen molar-refractivity contribution >= 4 is 5.91 Å². The third-order valence-electron chi connectivity index (χ3n) is 3.40. The van der Waals surface area contributed by atoms with Crippen molar-refractivity contribution in [3.8, 4) is 0 Å². The molecule has 1 saturated carbocycles. The third-order valence-corrected chi connectivity index (χ3v) is 3.40. The molecule has 0 aromatic rings. The van der Waals surface area contributed by atoms with E-state index >= 15 is 0 Å². The summed E-state index contributed by atoms with van der Waals surface area (Å²) in [6.07, 6.45) is 4.92. The van der Waals surface area contributed by atoms with Gasteiger partial charge < -0.3 is 15.1 Å². The summed E-state index contributed by atoms with van der Waals surface area (Å²) >= 11 is 0. The van der Waals surface area contributed by atoms with Gasteiger partial charge in [-0.2, -0.15) is 0 Å². The van der Waals surface area contributed by atoms with Gasteiger partial charge >= 0.3 is 0 Å². The molecule has 100 valence electrons. The molecule has 1 amide bonds. The van der Waals surface area contributed by atoms with Gasteiger partial charge in [0.05, 0.1) is 6.54 Å². The first-order valence-corrected chi connectivity index (χ1v) is 6.80. The van der Waals surface area contributed by atoms with E-state index in [2.05, 4.69) is 29.2 Å². The Bertz CT molecular complexity index is 225. The van der Waals surface area contributed by atoms with Crippen LogP contribution < -0.4 is 5.32 Å². The lowest BCUT2D eigenvalue weighted by Crippen LogP contribution is -2.46. The molecule has 0 radical (unpaired) electrons. The molecular weight excluding hydrogens is 214 g/mol. The number of rotatable bonds is 7. The molecule has 1 aliphatic carbocycles. The molecule has 0 aromatic carbocycles. The van der Waals surface area contributed by atoms with E-state index in [-0.39, 0.29) is 5.91 Å². The second-order valence-corrected chi connectivity index (χ2v) is 5.11. The van der Waals surface area contributed by atoms with E-state index in [4.69, 9.17) is 0 Å². The van der Waals surface area contributed by atoms with Crippen LogP contribution >= 0.6 is 0 Å². The molecule has 1 rings (SSSR count). The molecule has 0 heterocycles. The Balaban J connectivity index is 2.47. The van der Waals surface area contributed by atoms with E-state index in [1.807, 2.05) is 6.92 Å². The maximum absolute atomic E-state index is 12.1. The summed E-state index contributed by atoms with van der Waals surface area (Å²) in [5.41, 5.74) is 0. The lowest BCUT2D eigenvalue weighted by Gasteiger charge is -2.30. The van der Waals surface area contributed by atoms with Crippen LogP contribution in [-0.2, 0) is 4.79 Å². The smallest absolute Gasteiger partial charge is 0.236 e. The molecule has 0 bridgehead atoms. The van der Waals surface area contributed by atoms with Gasteiger partial charge in [-0.1, -0.05) is 19.8 Å². The third kappa shape index (κ3) is 5.04. The van der Waals surface area contributed by atoms with Crippen LogP contribution in [0.25, 0.3) is 0 Å². The molecule has 0 saturated heterocycles. The molecule has 4 nitrogen and oxygen atoms in total. The van der Waals surface area contributed by atoms with Gasteiger partial charge in [-0.25, -0.2) is 0 Å². The second-order valence-electron chi connectivity index (χ2n) is 5.11. The average molecular weight is 241 g/mol. The molecule has 1 fully saturated rings. The van der Waals surface area contributed by atoms with Gasteiger partial charge in [0.25, 0.3) is 0 Å². The van der Waals surface area contributed by atoms with E-state index in [9.17, 15) is 4.79 Å². The Morgan fingerprint density at radius 1 is 1.24 bits per heavy atom. The maximum atomic E-state index is 12.1. The Hall–Kier alpha value is -0.610. The zero-order valence-electron chi connectivity index (χ0n) is 11.5. The van der Waals surface area contributed by atoms with Crippen LogP contribution in [0.3, 0.4) is 0 Å². The molecule has 0 atom stereocenters. The van der Waals surface area contributed by atoms with Crippen LogP contribution in [0.2, 0.25) is 0 Å². The van der Waals surface area contributed by atoms with Gasteiger partial charge in [0.15, 0.2) is 0 Å². The number of nitrogens with one attached hydrogen (secondary N) is 1. The zero-order valence-corrected chi connectivity index (χ0v) is 11.5. The summed E-state index contributed by atoms with van der Waals surface area (Å²) in [4.78, 5) is 16.4. The summed E-state index contributed by atoms with van der Waals surface area (Å²) in [7, 11) is 4.11. The van der Waals surface area contributed by atoms with Crippen LogP contribution in [-0.4, -0.2) is 62.0 Å². The van der Waals surface area contributed by atoms with Crippen LogP contribution in [0.15, 0.2) is 0 Å². The Morgan fingerprint density at radius 2 is 1.88 bits per heavy atom. The molecule has 0 unspecified atom stereocenters. The number of hydrogen-bond acceptors (Lipinski definition) is 3. The van der Waals surface area contributed by atoms with Crippen LogP contribution in [0, 0.1) is 0 Å². The fraction of sp³-hybridized carbons (Fsp3) is 0.923. The molecular formula is C13H27N3O. The monoisotopic (exact) mass is 241 g/mol. The van der Waals surface area contributed by atoms with Crippen molar-refractivity contribution < 1.29 is 4.79 Å². The average Bonchev–Trinajstić information content (AvgIpc) is 2.79. The fourth-order valence-corrected chi connectivity index (χ4v) is 2.37. The molecule has 1 aliphatic rings. The first-order valence-electron chi connectivity index (χ1n) is 6.80. The molecule has 0 aromatic heterocycles. The number of amides is 1. The predicted molar refractivity (Wildman–Crippen MR) is 71.1 cm³/mol. The van der Waals surface area contributed by atoms with Crippen LogP contribution in [0.5, 0.6) is 0 Å². The minimum atomic E-state index is 0.264. The molecule has 17 heavy (non-hydrogen) atoms. The minimum Gasteiger partial charge on any atom is -0.337 e.